The number of carbonyl (C=O) groups is 1. The predicted molar refractivity (Wildman–Crippen MR) is 145 cm³/mol. The van der Waals surface area contributed by atoms with Gasteiger partial charge in [0.1, 0.15) is 5.82 Å². The molecule has 5 rings (SSSR count). The number of ether oxygens (including phenoxy) is 1. The molecule has 11 heteroatoms. The van der Waals surface area contributed by atoms with Gasteiger partial charge < -0.3 is 15.4 Å². The summed E-state index contributed by atoms with van der Waals surface area (Å²) in [5.41, 5.74) is 1.76. The molecule has 0 atom stereocenters. The fourth-order valence-electron chi connectivity index (χ4n) is 4.50. The Bertz CT molecular complexity index is 1540. The summed E-state index contributed by atoms with van der Waals surface area (Å²) in [5, 5.41) is 6.32. The lowest BCUT2D eigenvalue weighted by atomic mass is 9.97. The summed E-state index contributed by atoms with van der Waals surface area (Å²) in [5.74, 6) is -1.15. The van der Waals surface area contributed by atoms with Crippen molar-refractivity contribution in [3.8, 4) is 11.1 Å². The molecule has 2 heterocycles. The Kier molecular flexibility index (Phi) is 7.95. The van der Waals surface area contributed by atoms with Crippen molar-refractivity contribution in [2.75, 3.05) is 50.0 Å². The van der Waals surface area contributed by atoms with Crippen molar-refractivity contribution in [1.82, 2.24) is 14.9 Å². The van der Waals surface area contributed by atoms with Crippen LogP contribution >= 0.6 is 0 Å². The van der Waals surface area contributed by atoms with Gasteiger partial charge in [-0.25, -0.2) is 14.4 Å². The first kappa shape index (κ1) is 27.5. The number of fused-ring (bicyclic) bond motifs is 1. The molecule has 4 aromatic rings. The average Bonchev–Trinajstić information content (AvgIpc) is 2.94. The number of alkyl halides is 3. The first-order valence-electron chi connectivity index (χ1n) is 12.8. The van der Waals surface area contributed by atoms with E-state index >= 15 is 0 Å². The second-order valence-electron chi connectivity index (χ2n) is 9.52. The van der Waals surface area contributed by atoms with Crippen LogP contribution in [-0.4, -0.2) is 60.2 Å². The van der Waals surface area contributed by atoms with Crippen molar-refractivity contribution in [2.24, 2.45) is 0 Å². The largest absolute Gasteiger partial charge is 0.416 e. The minimum atomic E-state index is -4.66. The van der Waals surface area contributed by atoms with E-state index in [1.165, 1.54) is 0 Å². The summed E-state index contributed by atoms with van der Waals surface area (Å²) in [6, 6.07) is 12.4. The van der Waals surface area contributed by atoms with E-state index in [9.17, 15) is 22.4 Å². The van der Waals surface area contributed by atoms with Crippen LogP contribution in [0.3, 0.4) is 0 Å². The van der Waals surface area contributed by atoms with Gasteiger partial charge in [-0.15, -0.1) is 0 Å². The molecular formula is C29H27F4N5O2. The van der Waals surface area contributed by atoms with Crippen molar-refractivity contribution in [3.05, 3.63) is 83.3 Å². The number of benzene rings is 3. The molecule has 1 aliphatic heterocycles. The van der Waals surface area contributed by atoms with E-state index in [1.54, 1.807) is 24.4 Å². The van der Waals surface area contributed by atoms with Gasteiger partial charge in [0.05, 0.1) is 30.0 Å². The van der Waals surface area contributed by atoms with E-state index < -0.39 is 29.2 Å². The fraction of sp³-hybridized carbons (Fsp3) is 0.276. The maximum atomic E-state index is 14.2. The Morgan fingerprint density at radius 3 is 2.62 bits per heavy atom. The monoisotopic (exact) mass is 553 g/mol. The third kappa shape index (κ3) is 6.37. The maximum absolute atomic E-state index is 14.2. The highest BCUT2D eigenvalue weighted by atomic mass is 19.4. The molecule has 0 spiro atoms. The van der Waals surface area contributed by atoms with Crippen LogP contribution in [0.25, 0.3) is 22.0 Å². The topological polar surface area (TPSA) is 79.4 Å². The van der Waals surface area contributed by atoms with Crippen molar-refractivity contribution < 1.29 is 27.1 Å². The second kappa shape index (κ2) is 11.6. The number of nitrogens with zero attached hydrogens (tertiary/aromatic N) is 3. The zero-order valence-corrected chi connectivity index (χ0v) is 21.7. The highest BCUT2D eigenvalue weighted by molar-refractivity contribution is 6.05. The summed E-state index contributed by atoms with van der Waals surface area (Å²) in [6.07, 6.45) is -2.94. The van der Waals surface area contributed by atoms with Gasteiger partial charge in [-0.2, -0.15) is 13.2 Å². The van der Waals surface area contributed by atoms with Crippen LogP contribution in [0.5, 0.6) is 0 Å². The molecule has 40 heavy (non-hydrogen) atoms. The Morgan fingerprint density at radius 2 is 1.85 bits per heavy atom. The Morgan fingerprint density at radius 1 is 1.05 bits per heavy atom. The molecule has 1 fully saturated rings. The van der Waals surface area contributed by atoms with Crippen LogP contribution in [0.1, 0.15) is 21.5 Å². The van der Waals surface area contributed by atoms with Gasteiger partial charge in [0, 0.05) is 43.3 Å². The molecule has 1 aromatic heterocycles. The predicted octanol–water partition coefficient (Wildman–Crippen LogP) is 5.76. The number of halogens is 4. The molecule has 2 N–H and O–H groups in total. The van der Waals surface area contributed by atoms with Gasteiger partial charge in [0.15, 0.2) is 0 Å². The van der Waals surface area contributed by atoms with E-state index in [0.717, 1.165) is 60.4 Å². The molecule has 1 amide bonds. The van der Waals surface area contributed by atoms with Crippen LogP contribution in [0.15, 0.2) is 60.8 Å². The summed E-state index contributed by atoms with van der Waals surface area (Å²) in [6.45, 7) is 6.77. The zero-order valence-electron chi connectivity index (χ0n) is 21.7. The Hall–Kier alpha value is -4.09. The SMILES string of the molecule is Cc1ccc(C(=O)Nc2cc(C(F)(F)F)ccc2F)cc1-c1ccc2nc(NCCN3CCOCC3)ncc2c1. The first-order chi connectivity index (χ1) is 19.2. The van der Waals surface area contributed by atoms with E-state index in [4.69, 9.17) is 4.74 Å². The number of aromatic nitrogens is 2. The lowest BCUT2D eigenvalue weighted by Gasteiger charge is -2.26. The van der Waals surface area contributed by atoms with Gasteiger partial charge in [-0.05, 0) is 66.1 Å². The number of hydrogen-bond donors (Lipinski definition) is 2. The number of amides is 1. The van der Waals surface area contributed by atoms with Crippen molar-refractivity contribution >= 4 is 28.4 Å². The average molecular weight is 554 g/mol. The zero-order chi connectivity index (χ0) is 28.3. The third-order valence-corrected chi connectivity index (χ3v) is 6.75. The number of hydrogen-bond acceptors (Lipinski definition) is 6. The standard InChI is InChI=1S/C29H27F4N5O2/c1-18-2-3-20(27(39)36-26-16-22(29(31,32)33)5-6-24(26)30)15-23(18)19-4-7-25-21(14-19)17-35-28(37-25)34-8-9-38-10-12-40-13-11-38/h2-7,14-17H,8-13H2,1H3,(H,36,39)(H,34,35,37). The van der Waals surface area contributed by atoms with Crippen LogP contribution in [0.2, 0.25) is 0 Å². The van der Waals surface area contributed by atoms with Gasteiger partial charge in [-0.1, -0.05) is 12.1 Å². The molecule has 1 aliphatic rings. The van der Waals surface area contributed by atoms with Gasteiger partial charge >= 0.3 is 6.18 Å². The minimum Gasteiger partial charge on any atom is -0.379 e. The smallest absolute Gasteiger partial charge is 0.379 e. The van der Waals surface area contributed by atoms with E-state index in [0.29, 0.717) is 30.7 Å². The molecule has 0 unspecified atom stereocenters. The molecule has 0 aliphatic carbocycles. The van der Waals surface area contributed by atoms with Crippen LogP contribution < -0.4 is 10.6 Å². The van der Waals surface area contributed by atoms with Crippen LogP contribution in [0, 0.1) is 12.7 Å². The number of aryl methyl sites for hydroxylation is 1. The quantitative estimate of drug-likeness (QED) is 0.284. The van der Waals surface area contributed by atoms with Crippen molar-refractivity contribution in [1.29, 1.82) is 0 Å². The molecule has 208 valence electrons. The number of anilines is 2. The fourth-order valence-corrected chi connectivity index (χ4v) is 4.50. The Balaban J connectivity index is 1.32. The molecular weight excluding hydrogens is 526 g/mol. The number of morpholine rings is 1. The van der Waals surface area contributed by atoms with Crippen molar-refractivity contribution in [2.45, 2.75) is 13.1 Å². The van der Waals surface area contributed by atoms with E-state index in [2.05, 4.69) is 25.5 Å². The minimum absolute atomic E-state index is 0.175. The Labute approximate surface area is 228 Å². The maximum Gasteiger partial charge on any atom is 0.416 e. The number of nitrogens with one attached hydrogen (secondary N) is 2. The lowest BCUT2D eigenvalue weighted by Crippen LogP contribution is -2.39. The molecule has 3 aromatic carbocycles. The molecule has 7 nitrogen and oxygen atoms in total. The summed E-state index contributed by atoms with van der Waals surface area (Å²) >= 11 is 0. The van der Waals surface area contributed by atoms with E-state index in [-0.39, 0.29) is 5.56 Å². The number of carbonyl (C=O) groups excluding carboxylic acids is 1. The third-order valence-electron chi connectivity index (χ3n) is 6.75. The normalized spacial score (nSPS) is 14.3. The van der Waals surface area contributed by atoms with Crippen LogP contribution in [-0.2, 0) is 10.9 Å². The van der Waals surface area contributed by atoms with Gasteiger partial charge in [0.25, 0.3) is 5.91 Å². The summed E-state index contributed by atoms with van der Waals surface area (Å²) < 4.78 is 58.7. The number of rotatable bonds is 7. The molecule has 1 saturated heterocycles. The highest BCUT2D eigenvalue weighted by Gasteiger charge is 2.31. The first-order valence-corrected chi connectivity index (χ1v) is 12.8. The van der Waals surface area contributed by atoms with Gasteiger partial charge in [-0.3, -0.25) is 9.69 Å². The second-order valence-corrected chi connectivity index (χ2v) is 9.52. The van der Waals surface area contributed by atoms with Gasteiger partial charge in [0.2, 0.25) is 5.95 Å². The lowest BCUT2D eigenvalue weighted by molar-refractivity contribution is -0.137. The van der Waals surface area contributed by atoms with E-state index in [1.807, 2.05) is 25.1 Å². The molecule has 0 saturated carbocycles. The van der Waals surface area contributed by atoms with Crippen LogP contribution in [0.4, 0.5) is 29.2 Å². The molecule has 0 bridgehead atoms. The summed E-state index contributed by atoms with van der Waals surface area (Å²) in [7, 11) is 0. The highest BCUT2D eigenvalue weighted by Crippen LogP contribution is 2.32. The molecule has 0 radical (unpaired) electrons. The summed E-state index contributed by atoms with van der Waals surface area (Å²) in [4.78, 5) is 24.2. The van der Waals surface area contributed by atoms with Crippen molar-refractivity contribution in [3.63, 3.8) is 0 Å².